The standard InChI is InChI=1S/C20H29INO8/c1-20(2,3)30-19(25)22(18(24)29-8)14(17(23)28-7)9-12-10-15(26-5)16(27-6)11-13(12)21-4/h10-11,14H,9H2,1-8H3/q-1/t14-/m0/s1. The fourth-order valence-corrected chi connectivity index (χ4v) is 4.25. The third-order valence-corrected chi connectivity index (χ3v) is 6.08. The van der Waals surface area contributed by atoms with Gasteiger partial charge in [-0.25, -0.2) is 0 Å². The molecule has 0 saturated carbocycles. The van der Waals surface area contributed by atoms with Gasteiger partial charge in [0, 0.05) is 0 Å². The third kappa shape index (κ3) is 6.64. The first-order valence-corrected chi connectivity index (χ1v) is 12.2. The van der Waals surface area contributed by atoms with Gasteiger partial charge in [-0.05, 0) is 0 Å². The number of carbonyl (C=O) groups excluding carboxylic acids is 3. The molecule has 0 spiro atoms. The zero-order valence-corrected chi connectivity index (χ0v) is 20.7. The Kier molecular flexibility index (Phi) is 9.66. The van der Waals surface area contributed by atoms with Crippen molar-refractivity contribution in [3.63, 3.8) is 0 Å². The first-order valence-electron chi connectivity index (χ1n) is 8.95. The Bertz CT molecular complexity index is 775. The van der Waals surface area contributed by atoms with Crippen LogP contribution in [0.4, 0.5) is 9.59 Å². The number of methoxy groups -OCH3 is 4. The molecule has 0 aliphatic rings. The molecule has 0 radical (unpaired) electrons. The van der Waals surface area contributed by atoms with Gasteiger partial charge in [0.15, 0.2) is 0 Å². The molecule has 0 heterocycles. The second-order valence-corrected chi connectivity index (χ2v) is 9.29. The predicted octanol–water partition coefficient (Wildman–Crippen LogP) is -0.320. The van der Waals surface area contributed by atoms with Gasteiger partial charge in [0.1, 0.15) is 0 Å². The van der Waals surface area contributed by atoms with Crippen LogP contribution in [0, 0.1) is 3.57 Å². The molecule has 9 nitrogen and oxygen atoms in total. The van der Waals surface area contributed by atoms with Gasteiger partial charge in [-0.2, -0.15) is 0 Å². The molecule has 0 aromatic heterocycles. The van der Waals surface area contributed by atoms with Crippen molar-refractivity contribution < 1.29 is 59.3 Å². The van der Waals surface area contributed by atoms with Gasteiger partial charge >= 0.3 is 187 Å². The summed E-state index contributed by atoms with van der Waals surface area (Å²) in [5, 5.41) is 0. The molecule has 0 unspecified atom stereocenters. The van der Waals surface area contributed by atoms with Crippen molar-refractivity contribution in [3.8, 4) is 11.5 Å². The average molecular weight is 538 g/mol. The van der Waals surface area contributed by atoms with Gasteiger partial charge in [-0.1, -0.05) is 0 Å². The molecule has 2 amide bonds. The number of benzene rings is 1. The molecule has 0 saturated heterocycles. The summed E-state index contributed by atoms with van der Waals surface area (Å²) < 4.78 is 26.6. The normalized spacial score (nSPS) is 12.0. The van der Waals surface area contributed by atoms with E-state index in [9.17, 15) is 14.4 Å². The van der Waals surface area contributed by atoms with E-state index >= 15 is 0 Å². The van der Waals surface area contributed by atoms with E-state index in [0.29, 0.717) is 16.4 Å². The Morgan fingerprint density at radius 2 is 1.53 bits per heavy atom. The number of ether oxygens (including phenoxy) is 5. The molecular formula is C20H29INO8-. The number of amides is 2. The molecule has 30 heavy (non-hydrogen) atoms. The van der Waals surface area contributed by atoms with Gasteiger partial charge in [0.2, 0.25) is 0 Å². The van der Waals surface area contributed by atoms with E-state index in [2.05, 4.69) is 0 Å². The first kappa shape index (κ1) is 25.8. The number of alkyl halides is 1. The Labute approximate surface area is 187 Å². The number of imide groups is 1. The van der Waals surface area contributed by atoms with E-state index < -0.39 is 51.0 Å². The second kappa shape index (κ2) is 11.2. The molecule has 1 aromatic rings. The number of rotatable bonds is 7. The van der Waals surface area contributed by atoms with Crippen LogP contribution in [0.5, 0.6) is 11.5 Å². The molecule has 0 fully saturated rings. The fraction of sp³-hybridized carbons (Fsp3) is 0.550. The van der Waals surface area contributed by atoms with Crippen LogP contribution in [-0.4, -0.2) is 68.1 Å². The van der Waals surface area contributed by atoms with Crippen molar-refractivity contribution >= 4 is 18.2 Å². The second-order valence-electron chi connectivity index (χ2n) is 7.05. The summed E-state index contributed by atoms with van der Waals surface area (Å²) in [6, 6.07) is 2.29. The topological polar surface area (TPSA) is 101 Å². The van der Waals surface area contributed by atoms with Crippen LogP contribution in [0.3, 0.4) is 0 Å². The summed E-state index contributed by atoms with van der Waals surface area (Å²) in [5.74, 6) is 0.255. The molecule has 170 valence electrons. The molecule has 1 aromatic carbocycles. The number of hydrogen-bond acceptors (Lipinski definition) is 8. The van der Waals surface area contributed by atoms with Gasteiger partial charge in [0.05, 0.1) is 0 Å². The monoisotopic (exact) mass is 538 g/mol. The number of halogens is 1. The summed E-state index contributed by atoms with van der Waals surface area (Å²) in [6.45, 7) is 4.96. The van der Waals surface area contributed by atoms with Gasteiger partial charge in [-0.3, -0.25) is 0 Å². The quantitative estimate of drug-likeness (QED) is 0.202. The summed E-state index contributed by atoms with van der Waals surface area (Å²) in [5.41, 5.74) is -0.149. The zero-order valence-electron chi connectivity index (χ0n) is 18.5. The fourth-order valence-electron chi connectivity index (χ4n) is 2.59. The van der Waals surface area contributed by atoms with E-state index in [0.717, 1.165) is 16.2 Å². The van der Waals surface area contributed by atoms with E-state index in [4.69, 9.17) is 23.7 Å². The van der Waals surface area contributed by atoms with E-state index in [1.54, 1.807) is 26.8 Å². The minimum atomic E-state index is -1.29. The Morgan fingerprint density at radius 3 is 1.97 bits per heavy atom. The minimum absolute atomic E-state index is 0.00423. The first-order chi connectivity index (χ1) is 14.0. The molecule has 10 heteroatoms. The number of esters is 1. The van der Waals surface area contributed by atoms with Gasteiger partial charge in [0.25, 0.3) is 0 Å². The number of hydrogen-bond donors (Lipinski definition) is 0. The zero-order chi connectivity index (χ0) is 23.1. The third-order valence-electron chi connectivity index (χ3n) is 3.92. The summed E-state index contributed by atoms with van der Waals surface area (Å²) in [7, 11) is 5.34. The van der Waals surface area contributed by atoms with Crippen molar-refractivity contribution in [3.05, 3.63) is 21.3 Å². The van der Waals surface area contributed by atoms with E-state index in [-0.39, 0.29) is 6.42 Å². The van der Waals surface area contributed by atoms with Crippen LogP contribution >= 0.6 is 0 Å². The molecule has 0 bridgehead atoms. The van der Waals surface area contributed by atoms with Crippen LogP contribution in [0.25, 0.3) is 0 Å². The Morgan fingerprint density at radius 1 is 0.967 bits per heavy atom. The Hall–Kier alpha value is -2.24. The maximum absolute atomic E-state index is 12.7. The van der Waals surface area contributed by atoms with Crippen molar-refractivity contribution in [2.75, 3.05) is 33.4 Å². The molecular weight excluding hydrogens is 509 g/mol. The van der Waals surface area contributed by atoms with Gasteiger partial charge < -0.3 is 0 Å². The number of carbonyl (C=O) groups is 3. The van der Waals surface area contributed by atoms with Crippen LogP contribution in [-0.2, 0) is 25.4 Å². The van der Waals surface area contributed by atoms with Crippen LogP contribution in [0.1, 0.15) is 26.3 Å². The van der Waals surface area contributed by atoms with Gasteiger partial charge in [-0.15, -0.1) is 0 Å². The van der Waals surface area contributed by atoms with Crippen molar-refractivity contribution in [1.29, 1.82) is 0 Å². The van der Waals surface area contributed by atoms with Crippen molar-refractivity contribution in [2.24, 2.45) is 0 Å². The summed E-state index contributed by atoms with van der Waals surface area (Å²) in [4.78, 5) is 40.5. The van der Waals surface area contributed by atoms with Crippen molar-refractivity contribution in [2.45, 2.75) is 38.8 Å². The predicted molar refractivity (Wildman–Crippen MR) is 104 cm³/mol. The SMILES string of the molecule is COC(=O)[C@H](Cc1cc(OC)c(OC)cc1[I-]C)N(C(=O)OC)C(=O)OC(C)(C)C. The number of nitrogens with zero attached hydrogens (tertiary/aromatic N) is 1. The average Bonchev–Trinajstić information content (AvgIpc) is 2.70. The van der Waals surface area contributed by atoms with Crippen LogP contribution in [0.2, 0.25) is 0 Å². The molecule has 0 N–H and O–H groups in total. The maximum atomic E-state index is 12.7. The molecule has 0 aliphatic carbocycles. The van der Waals surface area contributed by atoms with Crippen LogP contribution in [0.15, 0.2) is 12.1 Å². The molecule has 1 rings (SSSR count). The Balaban J connectivity index is 3.48. The summed E-state index contributed by atoms with van der Waals surface area (Å²) in [6.07, 6.45) is -2.02. The van der Waals surface area contributed by atoms with Crippen LogP contribution < -0.4 is 30.7 Å². The van der Waals surface area contributed by atoms with Crippen molar-refractivity contribution in [1.82, 2.24) is 4.90 Å². The van der Waals surface area contributed by atoms with E-state index in [1.807, 2.05) is 11.0 Å². The summed E-state index contributed by atoms with van der Waals surface area (Å²) >= 11 is -0.426. The molecule has 1 atom stereocenters. The molecule has 0 aliphatic heterocycles. The van der Waals surface area contributed by atoms with E-state index in [1.165, 1.54) is 21.3 Å².